The number of carboxylic acid groups (broad SMARTS) is 1. The van der Waals surface area contributed by atoms with Crippen LogP contribution in [0.3, 0.4) is 0 Å². The zero-order valence-corrected chi connectivity index (χ0v) is 18.5. The van der Waals surface area contributed by atoms with E-state index in [9.17, 15) is 18.8 Å². The number of nitrogens with one attached hydrogen (secondary N) is 2. The molecule has 3 N–H and O–H groups in total. The molecule has 0 fully saturated rings. The number of carboxylic acids is 1. The van der Waals surface area contributed by atoms with Gasteiger partial charge in [-0.15, -0.1) is 12.3 Å². The van der Waals surface area contributed by atoms with Gasteiger partial charge in [0.15, 0.2) is 0 Å². The highest BCUT2D eigenvalue weighted by atomic mass is 19.1. The van der Waals surface area contributed by atoms with Gasteiger partial charge in [0, 0.05) is 23.6 Å². The molecule has 0 spiro atoms. The van der Waals surface area contributed by atoms with E-state index in [1.807, 2.05) is 48.5 Å². The maximum atomic E-state index is 14.1. The van der Waals surface area contributed by atoms with E-state index in [1.54, 1.807) is 0 Å². The van der Waals surface area contributed by atoms with Crippen LogP contribution < -0.4 is 10.6 Å². The van der Waals surface area contributed by atoms with Crippen molar-refractivity contribution in [2.45, 2.75) is 18.4 Å². The van der Waals surface area contributed by atoms with Gasteiger partial charge < -0.3 is 15.2 Å². The molecule has 0 saturated heterocycles. The van der Waals surface area contributed by atoms with Crippen molar-refractivity contribution < 1.29 is 28.6 Å². The standard InChI is InChI=1S/C27H21FN2O5/c1-2-7-24(26(32)33)30-25(31)16-12-17(28)14-18(13-16)29-27(34)35-15-23-21-10-5-3-8-19(21)20-9-4-6-11-22(20)23/h1,3-6,8-14,23-24H,7,15H2,(H,29,34)(H,30,31)(H,32,33). The number of fused-ring (bicyclic) bond motifs is 3. The van der Waals surface area contributed by atoms with Crippen LogP contribution in [-0.2, 0) is 9.53 Å². The van der Waals surface area contributed by atoms with Gasteiger partial charge in [-0.2, -0.15) is 0 Å². The first-order valence-electron chi connectivity index (χ1n) is 10.8. The molecule has 176 valence electrons. The summed E-state index contributed by atoms with van der Waals surface area (Å²) in [5.41, 5.74) is 4.07. The summed E-state index contributed by atoms with van der Waals surface area (Å²) in [4.78, 5) is 36.1. The number of rotatable bonds is 7. The lowest BCUT2D eigenvalue weighted by Crippen LogP contribution is -2.40. The summed E-state index contributed by atoms with van der Waals surface area (Å²) >= 11 is 0. The second-order valence-electron chi connectivity index (χ2n) is 7.95. The van der Waals surface area contributed by atoms with E-state index in [1.165, 1.54) is 6.07 Å². The Morgan fingerprint density at radius 1 is 1.03 bits per heavy atom. The monoisotopic (exact) mass is 472 g/mol. The van der Waals surface area contributed by atoms with Gasteiger partial charge in [0.25, 0.3) is 5.91 Å². The Balaban J connectivity index is 1.44. The summed E-state index contributed by atoms with van der Waals surface area (Å²) in [6.07, 6.45) is 4.07. The molecule has 1 aliphatic carbocycles. The topological polar surface area (TPSA) is 105 Å². The third-order valence-corrected chi connectivity index (χ3v) is 5.68. The van der Waals surface area contributed by atoms with Crippen LogP contribution in [-0.4, -0.2) is 35.7 Å². The average molecular weight is 472 g/mol. The highest BCUT2D eigenvalue weighted by molar-refractivity contribution is 5.98. The number of carbonyl (C=O) groups excluding carboxylic acids is 2. The molecule has 1 atom stereocenters. The van der Waals surface area contributed by atoms with E-state index in [-0.39, 0.29) is 30.2 Å². The van der Waals surface area contributed by atoms with E-state index in [0.29, 0.717) is 0 Å². The van der Waals surface area contributed by atoms with Gasteiger partial charge >= 0.3 is 12.1 Å². The number of benzene rings is 3. The van der Waals surface area contributed by atoms with Gasteiger partial charge in [0.2, 0.25) is 0 Å². The Kier molecular flexibility index (Phi) is 6.78. The number of carbonyl (C=O) groups is 3. The molecule has 35 heavy (non-hydrogen) atoms. The fraction of sp³-hybridized carbons (Fsp3) is 0.148. The number of hydrogen-bond acceptors (Lipinski definition) is 4. The van der Waals surface area contributed by atoms with Crippen molar-refractivity contribution in [3.05, 3.63) is 89.2 Å². The van der Waals surface area contributed by atoms with Crippen LogP contribution >= 0.6 is 0 Å². The lowest BCUT2D eigenvalue weighted by molar-refractivity contribution is -0.139. The van der Waals surface area contributed by atoms with Crippen molar-refractivity contribution in [1.29, 1.82) is 0 Å². The van der Waals surface area contributed by atoms with Crippen LogP contribution in [0.5, 0.6) is 0 Å². The van der Waals surface area contributed by atoms with E-state index < -0.39 is 29.8 Å². The first kappa shape index (κ1) is 23.5. The molecular weight excluding hydrogens is 451 g/mol. The Labute approximate surface area is 200 Å². The van der Waals surface area contributed by atoms with Crippen LogP contribution in [0.4, 0.5) is 14.9 Å². The third kappa shape index (κ3) is 5.14. The second-order valence-corrected chi connectivity index (χ2v) is 7.95. The van der Waals surface area contributed by atoms with Gasteiger partial charge in [-0.25, -0.2) is 14.0 Å². The molecular formula is C27H21FN2O5. The van der Waals surface area contributed by atoms with E-state index in [0.717, 1.165) is 34.4 Å². The molecule has 3 aromatic rings. The number of terminal acetylenes is 1. The predicted octanol–water partition coefficient (Wildman–Crippen LogP) is 4.39. The average Bonchev–Trinajstić information content (AvgIpc) is 3.15. The lowest BCUT2D eigenvalue weighted by Gasteiger charge is -2.15. The predicted molar refractivity (Wildman–Crippen MR) is 127 cm³/mol. The van der Waals surface area contributed by atoms with E-state index in [4.69, 9.17) is 16.3 Å². The molecule has 0 aromatic heterocycles. The summed E-state index contributed by atoms with van der Waals surface area (Å²) in [6, 6.07) is 17.6. The van der Waals surface area contributed by atoms with Crippen molar-refractivity contribution in [2.24, 2.45) is 0 Å². The Morgan fingerprint density at radius 2 is 1.66 bits per heavy atom. The number of aliphatic carboxylic acids is 1. The van der Waals surface area contributed by atoms with Gasteiger partial charge in [-0.1, -0.05) is 48.5 Å². The minimum atomic E-state index is -1.32. The van der Waals surface area contributed by atoms with Crippen LogP contribution in [0.1, 0.15) is 33.8 Å². The number of hydrogen-bond donors (Lipinski definition) is 3. The Bertz CT molecular complexity index is 1300. The molecule has 2 amide bonds. The molecule has 4 rings (SSSR count). The van der Waals surface area contributed by atoms with Crippen molar-refractivity contribution in [3.63, 3.8) is 0 Å². The minimum Gasteiger partial charge on any atom is -0.480 e. The van der Waals surface area contributed by atoms with Crippen LogP contribution in [0.15, 0.2) is 66.7 Å². The van der Waals surface area contributed by atoms with Crippen LogP contribution in [0.2, 0.25) is 0 Å². The Hall–Kier alpha value is -4.64. The smallest absolute Gasteiger partial charge is 0.411 e. The van der Waals surface area contributed by atoms with Crippen molar-refractivity contribution in [1.82, 2.24) is 5.32 Å². The minimum absolute atomic E-state index is 0.0174. The number of ether oxygens (including phenoxy) is 1. The highest BCUT2D eigenvalue weighted by Crippen LogP contribution is 2.44. The molecule has 1 unspecified atom stereocenters. The summed E-state index contributed by atoms with van der Waals surface area (Å²) in [6.45, 7) is 0.0644. The van der Waals surface area contributed by atoms with E-state index >= 15 is 0 Å². The van der Waals surface area contributed by atoms with Crippen LogP contribution in [0, 0.1) is 18.2 Å². The van der Waals surface area contributed by atoms with Gasteiger partial charge in [0.05, 0.1) is 0 Å². The highest BCUT2D eigenvalue weighted by Gasteiger charge is 2.29. The van der Waals surface area contributed by atoms with Crippen molar-refractivity contribution in [2.75, 3.05) is 11.9 Å². The molecule has 8 heteroatoms. The Morgan fingerprint density at radius 3 is 2.26 bits per heavy atom. The first-order chi connectivity index (χ1) is 16.9. The first-order valence-corrected chi connectivity index (χ1v) is 10.8. The fourth-order valence-corrected chi connectivity index (χ4v) is 4.10. The third-order valence-electron chi connectivity index (χ3n) is 5.68. The summed E-state index contributed by atoms with van der Waals surface area (Å²) < 4.78 is 19.6. The molecule has 0 heterocycles. The van der Waals surface area contributed by atoms with Gasteiger partial charge in [-0.05, 0) is 40.5 Å². The zero-order chi connectivity index (χ0) is 24.9. The number of anilines is 1. The maximum Gasteiger partial charge on any atom is 0.411 e. The van der Waals surface area contributed by atoms with Crippen LogP contribution in [0.25, 0.3) is 11.1 Å². The van der Waals surface area contributed by atoms with Crippen molar-refractivity contribution >= 4 is 23.7 Å². The quantitative estimate of drug-likeness (QED) is 0.443. The summed E-state index contributed by atoms with van der Waals surface area (Å²) in [5, 5.41) is 13.8. The normalized spacial score (nSPS) is 12.6. The maximum absolute atomic E-state index is 14.1. The molecule has 0 aliphatic heterocycles. The summed E-state index contributed by atoms with van der Waals surface area (Å²) in [5.74, 6) is -0.942. The fourth-order valence-electron chi connectivity index (χ4n) is 4.10. The molecule has 1 aliphatic rings. The van der Waals surface area contributed by atoms with Crippen molar-refractivity contribution in [3.8, 4) is 23.5 Å². The number of amides is 2. The molecule has 0 saturated carbocycles. The molecule has 3 aromatic carbocycles. The second kappa shape index (κ2) is 10.1. The molecule has 7 nitrogen and oxygen atoms in total. The molecule has 0 radical (unpaired) electrons. The SMILES string of the molecule is C#CCC(NC(=O)c1cc(F)cc(NC(=O)OCC2c3ccccc3-c3ccccc32)c1)C(=O)O. The molecule has 0 bridgehead atoms. The largest absolute Gasteiger partial charge is 0.480 e. The zero-order valence-electron chi connectivity index (χ0n) is 18.5. The number of halogens is 1. The lowest BCUT2D eigenvalue weighted by atomic mass is 9.98. The van der Waals surface area contributed by atoms with Gasteiger partial charge in [0.1, 0.15) is 18.5 Å². The van der Waals surface area contributed by atoms with Gasteiger partial charge in [-0.3, -0.25) is 10.1 Å². The van der Waals surface area contributed by atoms with E-state index in [2.05, 4.69) is 16.6 Å². The summed E-state index contributed by atoms with van der Waals surface area (Å²) in [7, 11) is 0.